The minimum Gasteiger partial charge on any atom is -0.462 e. The molecule has 0 bridgehead atoms. The zero-order valence-electron chi connectivity index (χ0n) is 61.3. The Morgan fingerprint density at radius 1 is 0.337 bits per heavy atom. The first kappa shape index (κ1) is 92.5. The molecule has 3 N–H and O–H groups in total. The van der Waals surface area contributed by atoms with Crippen molar-refractivity contribution < 1.29 is 80.2 Å². The zero-order chi connectivity index (χ0) is 69.8. The fourth-order valence-electron chi connectivity index (χ4n) is 11.1. The molecule has 0 aromatic carbocycles. The Kier molecular flexibility index (Phi) is 66.9. The number of hydrogen-bond donors (Lipinski definition) is 3. The second kappa shape index (κ2) is 68.7. The molecule has 0 amide bonds. The van der Waals surface area contributed by atoms with Crippen molar-refractivity contribution in [2.24, 2.45) is 5.92 Å². The van der Waals surface area contributed by atoms with Crippen LogP contribution in [0, 0.1) is 5.92 Å². The summed E-state index contributed by atoms with van der Waals surface area (Å²) in [6.45, 7) is 7.23. The lowest BCUT2D eigenvalue weighted by Crippen LogP contribution is -2.30. The number of aliphatic hydroxyl groups excluding tert-OH is 1. The highest BCUT2D eigenvalue weighted by molar-refractivity contribution is 7.47. The van der Waals surface area contributed by atoms with Crippen LogP contribution >= 0.6 is 15.6 Å². The molecule has 0 aliphatic rings. The molecule has 0 radical (unpaired) electrons. The number of aliphatic hydroxyl groups is 1. The molecule has 6 atom stereocenters. The van der Waals surface area contributed by atoms with E-state index in [9.17, 15) is 43.2 Å². The maximum absolute atomic E-state index is 13.1. The van der Waals surface area contributed by atoms with Gasteiger partial charge in [0.2, 0.25) is 0 Å². The zero-order valence-corrected chi connectivity index (χ0v) is 63.1. The van der Waals surface area contributed by atoms with E-state index in [1.54, 1.807) is 0 Å². The van der Waals surface area contributed by atoms with Crippen LogP contribution in [0.25, 0.3) is 0 Å². The molecule has 0 spiro atoms. The van der Waals surface area contributed by atoms with Gasteiger partial charge in [0.25, 0.3) is 0 Å². The van der Waals surface area contributed by atoms with E-state index in [2.05, 4.69) is 58.9 Å². The van der Waals surface area contributed by atoms with Gasteiger partial charge in [-0.15, -0.1) is 0 Å². The van der Waals surface area contributed by atoms with E-state index in [0.29, 0.717) is 25.7 Å². The topological polar surface area (TPSA) is 237 Å². The number of phosphoric acid groups is 2. The van der Waals surface area contributed by atoms with Crippen LogP contribution in [-0.4, -0.2) is 96.7 Å². The highest BCUT2D eigenvalue weighted by Gasteiger charge is 2.30. The Bertz CT molecular complexity index is 1920. The molecule has 0 fully saturated rings. The average Bonchev–Trinajstić information content (AvgIpc) is 1.36. The summed E-state index contributed by atoms with van der Waals surface area (Å²) in [5.74, 6) is -1.38. The average molecular weight is 1390 g/mol. The van der Waals surface area contributed by atoms with Gasteiger partial charge >= 0.3 is 39.5 Å². The summed E-state index contributed by atoms with van der Waals surface area (Å²) in [7, 11) is -9.92. The van der Waals surface area contributed by atoms with Gasteiger partial charge in [-0.25, -0.2) is 9.13 Å². The van der Waals surface area contributed by atoms with Crippen molar-refractivity contribution in [3.8, 4) is 0 Å². The Labute approximate surface area is 580 Å². The molecule has 0 saturated carbocycles. The molecular weight excluding hydrogens is 1250 g/mol. The predicted octanol–water partition coefficient (Wildman–Crippen LogP) is 22.0. The molecule has 0 heterocycles. The van der Waals surface area contributed by atoms with Crippen molar-refractivity contribution >= 4 is 39.5 Å². The molecule has 0 aliphatic heterocycles. The standard InChI is InChI=1S/C76H144O17P2/c1-6-10-13-16-19-22-25-28-30-32-34-37-40-46-51-56-61-75(80)92-71(65-86-74(79)60-55-50-45-39-36-33-31-29-26-23-20-17-14-11-7-2)67-90-94(82,83)88-63-70(77)64-89-95(84,85)91-68-72(93-76(81)62-57-52-47-42-41-43-48-53-58-69(5)9-4)66-87-73(78)59-54-49-44-38-35-27-24-21-18-15-12-8-3/h23,26,29,31,69-72,77H,6-22,24-25,27-28,30,32-68H2,1-5H3,(H,82,83)(H,84,85)/b26-23-,31-29-/t69?,70-,71-,72-/m1/s1. The van der Waals surface area contributed by atoms with Crippen LogP contribution in [0.4, 0.5) is 0 Å². The normalized spacial score (nSPS) is 14.4. The first-order chi connectivity index (χ1) is 46.1. The van der Waals surface area contributed by atoms with Gasteiger partial charge in [-0.05, 0) is 57.3 Å². The highest BCUT2D eigenvalue weighted by atomic mass is 31.2. The molecule has 0 rings (SSSR count). The Balaban J connectivity index is 5.30. The molecule has 0 aromatic rings. The predicted molar refractivity (Wildman–Crippen MR) is 386 cm³/mol. The fourth-order valence-corrected chi connectivity index (χ4v) is 12.7. The van der Waals surface area contributed by atoms with E-state index in [4.69, 9.17) is 37.0 Å². The van der Waals surface area contributed by atoms with Crippen molar-refractivity contribution in [2.75, 3.05) is 39.6 Å². The van der Waals surface area contributed by atoms with Crippen LogP contribution in [0.5, 0.6) is 0 Å². The van der Waals surface area contributed by atoms with Crippen LogP contribution in [0.1, 0.15) is 375 Å². The van der Waals surface area contributed by atoms with E-state index in [-0.39, 0.29) is 25.7 Å². The van der Waals surface area contributed by atoms with Gasteiger partial charge in [-0.2, -0.15) is 0 Å². The van der Waals surface area contributed by atoms with Crippen LogP contribution in [0.2, 0.25) is 0 Å². The number of hydrogen-bond acceptors (Lipinski definition) is 15. The maximum atomic E-state index is 13.1. The van der Waals surface area contributed by atoms with Gasteiger partial charge in [0.05, 0.1) is 26.4 Å². The third-order valence-electron chi connectivity index (χ3n) is 17.5. The van der Waals surface area contributed by atoms with E-state index in [1.807, 2.05) is 0 Å². The van der Waals surface area contributed by atoms with E-state index < -0.39 is 97.5 Å². The van der Waals surface area contributed by atoms with Crippen LogP contribution in [0.15, 0.2) is 24.3 Å². The number of phosphoric ester groups is 2. The van der Waals surface area contributed by atoms with E-state index in [0.717, 1.165) is 115 Å². The minimum atomic E-state index is -4.96. The van der Waals surface area contributed by atoms with Crippen molar-refractivity contribution in [2.45, 2.75) is 393 Å². The number of unbranched alkanes of at least 4 members (excludes halogenated alkanes) is 42. The first-order valence-corrected chi connectivity index (χ1v) is 42.0. The Hall–Kier alpha value is -2.46. The molecule has 19 heteroatoms. The number of ether oxygens (including phenoxy) is 4. The van der Waals surface area contributed by atoms with E-state index in [1.165, 1.54) is 180 Å². The largest absolute Gasteiger partial charge is 0.472 e. The molecule has 560 valence electrons. The lowest BCUT2D eigenvalue weighted by atomic mass is 9.99. The minimum absolute atomic E-state index is 0.102. The molecule has 0 saturated heterocycles. The summed E-state index contributed by atoms with van der Waals surface area (Å²) in [6.07, 6.45) is 60.3. The van der Waals surface area contributed by atoms with E-state index >= 15 is 0 Å². The third kappa shape index (κ3) is 68.5. The SMILES string of the molecule is CCCCCC/C=C\C=C/CCCCCCCC(=O)OC[C@H](COP(=O)(O)OC[C@@H](O)COP(=O)(O)OC[C@@H](COC(=O)CCCCCCCCCCCCCC)OC(=O)CCCCCCCCCCC(C)CC)OC(=O)CCCCCCCCCCCCCCCCCC. The van der Waals surface area contributed by atoms with Crippen LogP contribution in [0.3, 0.4) is 0 Å². The van der Waals surface area contributed by atoms with Crippen LogP contribution < -0.4 is 0 Å². The molecule has 0 aliphatic carbocycles. The lowest BCUT2D eigenvalue weighted by Gasteiger charge is -2.21. The van der Waals surface area contributed by atoms with Crippen molar-refractivity contribution in [1.29, 1.82) is 0 Å². The molecule has 0 aromatic heterocycles. The van der Waals surface area contributed by atoms with Crippen molar-refractivity contribution in [3.05, 3.63) is 24.3 Å². The van der Waals surface area contributed by atoms with Crippen LogP contribution in [-0.2, 0) is 65.4 Å². The first-order valence-electron chi connectivity index (χ1n) is 39.0. The fraction of sp³-hybridized carbons (Fsp3) is 0.895. The van der Waals surface area contributed by atoms with Gasteiger partial charge in [0.1, 0.15) is 19.3 Å². The number of allylic oxidation sites excluding steroid dienone is 4. The van der Waals surface area contributed by atoms with Gasteiger partial charge in [-0.3, -0.25) is 37.3 Å². The molecule has 95 heavy (non-hydrogen) atoms. The Morgan fingerprint density at radius 3 is 0.895 bits per heavy atom. The Morgan fingerprint density at radius 2 is 0.589 bits per heavy atom. The second-order valence-corrected chi connectivity index (χ2v) is 29.9. The van der Waals surface area contributed by atoms with Gasteiger partial charge in [-0.1, -0.05) is 322 Å². The van der Waals surface area contributed by atoms with Gasteiger partial charge in [0, 0.05) is 25.7 Å². The molecule has 3 unspecified atom stereocenters. The maximum Gasteiger partial charge on any atom is 0.472 e. The highest BCUT2D eigenvalue weighted by Crippen LogP contribution is 2.45. The third-order valence-corrected chi connectivity index (χ3v) is 19.4. The summed E-state index contributed by atoms with van der Waals surface area (Å²) >= 11 is 0. The molecular formula is C76H144O17P2. The second-order valence-electron chi connectivity index (χ2n) is 26.9. The summed E-state index contributed by atoms with van der Waals surface area (Å²) in [4.78, 5) is 72.8. The number of carbonyl (C=O) groups excluding carboxylic acids is 4. The smallest absolute Gasteiger partial charge is 0.462 e. The summed E-state index contributed by atoms with van der Waals surface area (Å²) in [5.41, 5.74) is 0. The summed E-state index contributed by atoms with van der Waals surface area (Å²) in [5, 5.41) is 10.6. The lowest BCUT2D eigenvalue weighted by molar-refractivity contribution is -0.161. The quantitative estimate of drug-likeness (QED) is 0.0169. The number of rotatable bonds is 74. The van der Waals surface area contributed by atoms with Gasteiger partial charge in [0.15, 0.2) is 12.2 Å². The summed E-state index contributed by atoms with van der Waals surface area (Å²) in [6, 6.07) is 0. The van der Waals surface area contributed by atoms with Gasteiger partial charge < -0.3 is 33.8 Å². The number of esters is 4. The number of carbonyl (C=O) groups is 4. The summed E-state index contributed by atoms with van der Waals surface area (Å²) < 4.78 is 68.5. The molecule has 17 nitrogen and oxygen atoms in total. The van der Waals surface area contributed by atoms with Crippen molar-refractivity contribution in [1.82, 2.24) is 0 Å². The monoisotopic (exact) mass is 1390 g/mol. The van der Waals surface area contributed by atoms with Crippen molar-refractivity contribution in [3.63, 3.8) is 0 Å².